The monoisotopic (exact) mass is 944 g/mol. The first-order chi connectivity index (χ1) is 28.6. The van der Waals surface area contributed by atoms with Crippen LogP contribution in [-0.4, -0.2) is 4.21 Å². The second-order valence-corrected chi connectivity index (χ2v) is 37.0. The summed E-state index contributed by atoms with van der Waals surface area (Å²) in [4.78, 5) is 0. The van der Waals surface area contributed by atoms with E-state index in [0.29, 0.717) is 17.8 Å². The average molecular weight is 947 g/mol. The first-order valence-electron chi connectivity index (χ1n) is 24.5. The van der Waals surface area contributed by atoms with Crippen LogP contribution in [0.1, 0.15) is 173 Å². The van der Waals surface area contributed by atoms with Crippen molar-refractivity contribution >= 4 is 41.1 Å². The molecule has 0 saturated heterocycles. The van der Waals surface area contributed by atoms with E-state index < -0.39 is 18.3 Å². The summed E-state index contributed by atoms with van der Waals surface area (Å²) in [5, 5.41) is 0. The summed E-state index contributed by atoms with van der Waals surface area (Å²) in [6.45, 7) is 21.9. The van der Waals surface area contributed by atoms with Crippen LogP contribution < -0.4 is 6.54 Å². The molecule has 0 radical (unpaired) electrons. The van der Waals surface area contributed by atoms with Crippen molar-refractivity contribution in [2.24, 2.45) is 27.6 Å². The van der Waals surface area contributed by atoms with Crippen molar-refractivity contribution in [3.63, 3.8) is 0 Å². The minimum atomic E-state index is -5.29. The van der Waals surface area contributed by atoms with E-state index in [0.717, 1.165) is 19.3 Å². The molecule has 10 rings (SSSR count). The molecule has 0 aromatic heterocycles. The van der Waals surface area contributed by atoms with Crippen molar-refractivity contribution in [1.29, 1.82) is 0 Å². The Balaban J connectivity index is 0.00000264. The van der Waals surface area contributed by atoms with Crippen LogP contribution in [0.2, 0.25) is 3.12 Å². The molecule has 7 aliphatic carbocycles. The number of benzene rings is 3. The molecule has 0 heterocycles. The molecule has 0 spiro atoms. The third-order valence-corrected chi connectivity index (χ3v) is 40.9. The van der Waals surface area contributed by atoms with Gasteiger partial charge in [0.15, 0.2) is 0 Å². The number of hydrogen-bond donors (Lipinski definition) is 0. The summed E-state index contributed by atoms with van der Waals surface area (Å²) in [6.07, 6.45) is 30.5. The maximum atomic E-state index is 6.34. The summed E-state index contributed by atoms with van der Waals surface area (Å²) in [7, 11) is 0. The van der Waals surface area contributed by atoms with Gasteiger partial charge in [-0.25, -0.2) is 0 Å². The van der Waals surface area contributed by atoms with Gasteiger partial charge in [0, 0.05) is 0 Å². The van der Waals surface area contributed by atoms with Gasteiger partial charge in [-0.05, 0) is 0 Å². The zero-order chi connectivity index (χ0) is 42.0. The zero-order valence-corrected chi connectivity index (χ0v) is 43.6. The molecule has 3 atom stereocenters. The summed E-state index contributed by atoms with van der Waals surface area (Å²) in [5.74, 6) is 1.80. The molecular formula is C59H76Cl2Zr. The van der Waals surface area contributed by atoms with Crippen LogP contribution in [0.25, 0.3) is 5.57 Å². The summed E-state index contributed by atoms with van der Waals surface area (Å²) in [5.41, 5.74) is 12.5. The molecule has 3 aromatic carbocycles. The van der Waals surface area contributed by atoms with Gasteiger partial charge in [-0.3, -0.25) is 0 Å². The Morgan fingerprint density at radius 1 is 0.597 bits per heavy atom. The van der Waals surface area contributed by atoms with Gasteiger partial charge in [-0.15, -0.1) is 24.8 Å². The molecule has 0 aliphatic heterocycles. The van der Waals surface area contributed by atoms with Crippen molar-refractivity contribution in [3.05, 3.63) is 145 Å². The fourth-order valence-electron chi connectivity index (χ4n) is 16.3. The molecule has 0 nitrogen and oxygen atoms in total. The Kier molecular flexibility index (Phi) is 11.9. The molecule has 0 amide bonds. The van der Waals surface area contributed by atoms with Crippen molar-refractivity contribution < 1.29 is 18.3 Å². The molecule has 330 valence electrons. The first kappa shape index (κ1) is 46.2. The summed E-state index contributed by atoms with van der Waals surface area (Å²) in [6, 6.07) is 30.7. The van der Waals surface area contributed by atoms with Crippen LogP contribution in [0, 0.1) is 27.6 Å². The molecule has 3 heteroatoms. The number of halogens is 2. The number of hydrogen-bond acceptors (Lipinski definition) is 0. The molecule has 62 heavy (non-hydrogen) atoms. The zero-order valence-electron chi connectivity index (χ0n) is 39.5. The normalized spacial score (nSPS) is 28.9. The van der Waals surface area contributed by atoms with Crippen LogP contribution in [0.4, 0.5) is 0 Å². The van der Waals surface area contributed by atoms with Crippen LogP contribution in [0.3, 0.4) is 0 Å². The second-order valence-electron chi connectivity index (χ2n) is 22.9. The Morgan fingerprint density at radius 3 is 1.68 bits per heavy atom. The molecule has 7 aliphatic rings. The van der Waals surface area contributed by atoms with E-state index in [9.17, 15) is 0 Å². The SMILES string of the molecule is Cl.Cl.[CH2]=[Zr]([C]1=CC=CC1)([c]1ccc(C2CCCCC2)cc1)([c]1ccc(C2CCCCC2)cc1)[C]1(C)C2=C3Cc4ccccc4C3=C3C=CCCC3C2(C)C(C)(C)C(C)(C)C1(C)C. The van der Waals surface area contributed by atoms with Crippen molar-refractivity contribution in [3.8, 4) is 0 Å². The average Bonchev–Trinajstić information content (AvgIpc) is 3.96. The van der Waals surface area contributed by atoms with Gasteiger partial charge in [0.05, 0.1) is 0 Å². The van der Waals surface area contributed by atoms with E-state index in [4.69, 9.17) is 4.21 Å². The van der Waals surface area contributed by atoms with Gasteiger partial charge < -0.3 is 0 Å². The molecule has 0 bridgehead atoms. The molecule has 3 unspecified atom stereocenters. The maximum absolute atomic E-state index is 6.34. The Bertz CT molecular complexity index is 2380. The van der Waals surface area contributed by atoms with Gasteiger partial charge in [0.25, 0.3) is 0 Å². The van der Waals surface area contributed by atoms with Gasteiger partial charge in [-0.2, -0.15) is 0 Å². The van der Waals surface area contributed by atoms with Gasteiger partial charge in [-0.1, -0.05) is 0 Å². The Morgan fingerprint density at radius 2 is 1.15 bits per heavy atom. The fraction of sp³-hybridized carbons (Fsp3) is 0.508. The van der Waals surface area contributed by atoms with E-state index in [-0.39, 0.29) is 49.6 Å². The van der Waals surface area contributed by atoms with Crippen LogP contribution in [-0.2, 0) is 24.7 Å². The number of rotatable bonds is 6. The molecular weight excluding hydrogens is 871 g/mol. The Hall–Kier alpha value is -2.31. The van der Waals surface area contributed by atoms with E-state index in [1.165, 1.54) is 81.8 Å². The topological polar surface area (TPSA) is 0 Å². The number of fused-ring (bicyclic) bond motifs is 6. The van der Waals surface area contributed by atoms with Crippen molar-refractivity contribution in [2.45, 2.75) is 160 Å². The molecule has 3 saturated carbocycles. The third-order valence-electron chi connectivity index (χ3n) is 21.1. The molecule has 3 fully saturated rings. The van der Waals surface area contributed by atoms with E-state index in [2.05, 4.69) is 159 Å². The van der Waals surface area contributed by atoms with Gasteiger partial charge in [0.2, 0.25) is 0 Å². The van der Waals surface area contributed by atoms with Gasteiger partial charge in [0.1, 0.15) is 0 Å². The summed E-state index contributed by atoms with van der Waals surface area (Å²) >= 11 is -5.29. The van der Waals surface area contributed by atoms with Gasteiger partial charge >= 0.3 is 368 Å². The van der Waals surface area contributed by atoms with E-state index in [1.54, 1.807) is 43.2 Å². The Labute approximate surface area is 389 Å². The van der Waals surface area contributed by atoms with Crippen LogP contribution in [0.5, 0.6) is 0 Å². The van der Waals surface area contributed by atoms with E-state index in [1.807, 2.05) is 0 Å². The quantitative estimate of drug-likeness (QED) is 0.231. The van der Waals surface area contributed by atoms with Crippen molar-refractivity contribution in [2.75, 3.05) is 0 Å². The predicted molar refractivity (Wildman–Crippen MR) is 271 cm³/mol. The van der Waals surface area contributed by atoms with Crippen LogP contribution in [0.15, 0.2) is 123 Å². The standard InChI is InChI=1S/C29H37.2C12H15.C5H5.CH2.2ClH.Zr/c1-18-25-22-17-19-13-9-10-14-20(19)24(22)21-15-11-12-16-23(21)29(25,8)28(6,7)27(4,5)26(18,2)3;2*1-3-7-11(8-4-1)12-9-5-2-6-10-12;1-2-4-5-3-1;;;;/h9-11,13-15,23H,12,16-17H2,1-8H3;2*5-6,9-11H,1,3-4,7-8H2;1-3H,4H2;1H2;2*1H;. The predicted octanol–water partition coefficient (Wildman–Crippen LogP) is 16.1. The van der Waals surface area contributed by atoms with Crippen LogP contribution >= 0.6 is 24.8 Å². The first-order valence-corrected chi connectivity index (χ1v) is 31.1. The molecule has 0 N–H and O–H groups in total. The minimum absolute atomic E-state index is 0. The number of allylic oxidation sites excluding steroid dienone is 10. The summed E-state index contributed by atoms with van der Waals surface area (Å²) < 4.78 is 10.9. The second kappa shape index (κ2) is 15.9. The molecule has 3 aromatic rings. The fourth-order valence-corrected chi connectivity index (χ4v) is 36.9. The third kappa shape index (κ3) is 5.68. The van der Waals surface area contributed by atoms with E-state index >= 15 is 0 Å². The van der Waals surface area contributed by atoms with Crippen molar-refractivity contribution in [1.82, 2.24) is 0 Å².